The molecule has 1 saturated carbocycles. The Morgan fingerprint density at radius 2 is 1.09 bits per heavy atom. The third-order valence-electron chi connectivity index (χ3n) is 4.91. The average Bonchev–Trinajstić information content (AvgIpc) is 2.57. The lowest BCUT2D eigenvalue weighted by atomic mass is 9.86. The van der Waals surface area contributed by atoms with Crippen molar-refractivity contribution in [3.05, 3.63) is 35.9 Å². The predicted molar refractivity (Wildman–Crippen MR) is 94.4 cm³/mol. The highest BCUT2D eigenvalue weighted by molar-refractivity contribution is 6.02. The number of carbonyl (C=O) groups is 2. The van der Waals surface area contributed by atoms with Crippen LogP contribution in [0.15, 0.2) is 30.3 Å². The highest BCUT2D eigenvalue weighted by Gasteiger charge is 2.25. The first-order valence-corrected chi connectivity index (χ1v) is 9.37. The van der Waals surface area contributed by atoms with Gasteiger partial charge in [0.05, 0.1) is 5.92 Å². The maximum Gasteiger partial charge on any atom is 0.143 e. The van der Waals surface area contributed by atoms with Crippen LogP contribution in [0.2, 0.25) is 0 Å². The molecule has 0 bridgehead atoms. The average molecular weight is 314 g/mol. The first kappa shape index (κ1) is 17.9. The van der Waals surface area contributed by atoms with Gasteiger partial charge in [-0.2, -0.15) is 0 Å². The summed E-state index contributed by atoms with van der Waals surface area (Å²) < 4.78 is 0. The fraction of sp³-hybridized carbons (Fsp3) is 0.619. The third-order valence-corrected chi connectivity index (χ3v) is 4.91. The molecular weight excluding hydrogens is 284 g/mol. The molecule has 1 fully saturated rings. The van der Waals surface area contributed by atoms with E-state index in [0.717, 1.165) is 31.2 Å². The second-order valence-electron chi connectivity index (χ2n) is 6.86. The molecule has 2 heteroatoms. The Bertz CT molecular complexity index is 454. The summed E-state index contributed by atoms with van der Waals surface area (Å²) in [6.07, 6.45) is 12.2. The molecule has 1 aliphatic rings. The predicted octanol–water partition coefficient (Wildman–Crippen LogP) is 5.29. The lowest BCUT2D eigenvalue weighted by Crippen LogP contribution is -2.26. The molecule has 0 radical (unpaired) electrons. The number of rotatable bonds is 2. The van der Waals surface area contributed by atoms with Gasteiger partial charge in [-0.15, -0.1) is 0 Å². The van der Waals surface area contributed by atoms with Crippen molar-refractivity contribution >= 4 is 11.6 Å². The lowest BCUT2D eigenvalue weighted by Gasteiger charge is -2.16. The minimum Gasteiger partial charge on any atom is -0.299 e. The summed E-state index contributed by atoms with van der Waals surface area (Å²) in [5.41, 5.74) is 1.10. The summed E-state index contributed by atoms with van der Waals surface area (Å²) in [6.45, 7) is 0. The molecular formula is C21H30O2. The fourth-order valence-corrected chi connectivity index (χ4v) is 3.44. The first-order chi connectivity index (χ1) is 11.3. The largest absolute Gasteiger partial charge is 0.299 e. The van der Waals surface area contributed by atoms with Crippen molar-refractivity contribution in [2.45, 2.75) is 77.0 Å². The van der Waals surface area contributed by atoms with E-state index in [4.69, 9.17) is 0 Å². The fourth-order valence-electron chi connectivity index (χ4n) is 3.44. The van der Waals surface area contributed by atoms with Crippen LogP contribution in [0.3, 0.4) is 0 Å². The van der Waals surface area contributed by atoms with Gasteiger partial charge in [0.25, 0.3) is 0 Å². The van der Waals surface area contributed by atoms with E-state index in [0.29, 0.717) is 19.3 Å². The van der Waals surface area contributed by atoms with Crippen LogP contribution in [0.5, 0.6) is 0 Å². The third kappa shape index (κ3) is 6.68. The van der Waals surface area contributed by atoms with Gasteiger partial charge in [-0.3, -0.25) is 9.59 Å². The topological polar surface area (TPSA) is 34.1 Å². The molecule has 0 saturated heterocycles. The van der Waals surface area contributed by atoms with Gasteiger partial charge < -0.3 is 0 Å². The molecule has 126 valence electrons. The van der Waals surface area contributed by atoms with Crippen molar-refractivity contribution in [2.24, 2.45) is 5.92 Å². The van der Waals surface area contributed by atoms with E-state index in [1.54, 1.807) is 0 Å². The Morgan fingerprint density at radius 3 is 1.57 bits per heavy atom. The Kier molecular flexibility index (Phi) is 8.06. The number of hydrogen-bond donors (Lipinski definition) is 0. The number of ketones is 2. The molecule has 1 aliphatic carbocycles. The van der Waals surface area contributed by atoms with Crippen LogP contribution < -0.4 is 0 Å². The Hall–Kier alpha value is -1.44. The standard InChI is InChI=1S/C21H30O2/c22-20-15-11-6-4-2-1-3-5-7-12-16-21(23)19(20)17-18-13-9-8-10-14-18/h8-10,13-14,19H,1-7,11-12,15-17H2. The van der Waals surface area contributed by atoms with E-state index in [-0.39, 0.29) is 11.6 Å². The van der Waals surface area contributed by atoms with Gasteiger partial charge in [0.15, 0.2) is 0 Å². The van der Waals surface area contributed by atoms with Crippen molar-refractivity contribution in [3.8, 4) is 0 Å². The first-order valence-electron chi connectivity index (χ1n) is 9.37. The Labute approximate surface area is 140 Å². The highest BCUT2D eigenvalue weighted by atomic mass is 16.1. The van der Waals surface area contributed by atoms with Crippen LogP contribution in [-0.2, 0) is 16.0 Å². The van der Waals surface area contributed by atoms with Gasteiger partial charge >= 0.3 is 0 Å². The second kappa shape index (κ2) is 10.4. The second-order valence-corrected chi connectivity index (χ2v) is 6.86. The molecule has 0 amide bonds. The minimum absolute atomic E-state index is 0.163. The molecule has 0 aliphatic heterocycles. The van der Waals surface area contributed by atoms with Gasteiger partial charge in [-0.05, 0) is 24.8 Å². The summed E-state index contributed by atoms with van der Waals surface area (Å²) in [7, 11) is 0. The van der Waals surface area contributed by atoms with Gasteiger partial charge in [0.2, 0.25) is 0 Å². The molecule has 0 spiro atoms. The summed E-state index contributed by atoms with van der Waals surface area (Å²) in [5, 5.41) is 0. The van der Waals surface area contributed by atoms with Crippen molar-refractivity contribution in [3.63, 3.8) is 0 Å². The van der Waals surface area contributed by atoms with E-state index in [1.807, 2.05) is 30.3 Å². The number of hydrogen-bond acceptors (Lipinski definition) is 2. The van der Waals surface area contributed by atoms with E-state index < -0.39 is 5.92 Å². The van der Waals surface area contributed by atoms with Crippen molar-refractivity contribution in [1.29, 1.82) is 0 Å². The zero-order valence-corrected chi connectivity index (χ0v) is 14.3. The maximum absolute atomic E-state index is 12.6. The SMILES string of the molecule is O=C1CCCCCCCCCCCC(=O)C1Cc1ccccc1. The van der Waals surface area contributed by atoms with Crippen LogP contribution in [0.25, 0.3) is 0 Å². The van der Waals surface area contributed by atoms with Crippen LogP contribution in [0.1, 0.15) is 76.2 Å². The number of benzene rings is 1. The summed E-state index contributed by atoms with van der Waals surface area (Å²) in [6, 6.07) is 9.97. The normalized spacial score (nSPS) is 20.2. The van der Waals surface area contributed by atoms with Crippen LogP contribution in [-0.4, -0.2) is 11.6 Å². The van der Waals surface area contributed by atoms with Gasteiger partial charge in [-0.25, -0.2) is 0 Å². The molecule has 1 aromatic rings. The number of Topliss-reactive ketones (excluding diaryl/α,β-unsaturated/α-hetero) is 2. The molecule has 0 unspecified atom stereocenters. The van der Waals surface area contributed by atoms with E-state index in [2.05, 4.69) is 0 Å². The number of carbonyl (C=O) groups excluding carboxylic acids is 2. The van der Waals surface area contributed by atoms with Gasteiger partial charge in [0.1, 0.15) is 11.6 Å². The Balaban J connectivity index is 1.99. The van der Waals surface area contributed by atoms with Gasteiger partial charge in [0, 0.05) is 12.8 Å². The zero-order chi connectivity index (χ0) is 16.3. The molecule has 0 atom stereocenters. The van der Waals surface area contributed by atoms with Crippen LogP contribution >= 0.6 is 0 Å². The minimum atomic E-state index is -0.416. The summed E-state index contributed by atoms with van der Waals surface area (Å²) in [5.74, 6) is -0.0906. The van der Waals surface area contributed by atoms with Crippen molar-refractivity contribution < 1.29 is 9.59 Å². The summed E-state index contributed by atoms with van der Waals surface area (Å²) in [4.78, 5) is 25.2. The van der Waals surface area contributed by atoms with E-state index >= 15 is 0 Å². The van der Waals surface area contributed by atoms with Gasteiger partial charge in [-0.1, -0.05) is 75.3 Å². The zero-order valence-electron chi connectivity index (χ0n) is 14.3. The molecule has 0 aromatic heterocycles. The van der Waals surface area contributed by atoms with Crippen LogP contribution in [0.4, 0.5) is 0 Å². The molecule has 0 N–H and O–H groups in total. The Morgan fingerprint density at radius 1 is 0.652 bits per heavy atom. The smallest absolute Gasteiger partial charge is 0.143 e. The maximum atomic E-state index is 12.6. The lowest BCUT2D eigenvalue weighted by molar-refractivity contribution is -0.132. The van der Waals surface area contributed by atoms with Crippen LogP contribution in [0, 0.1) is 5.92 Å². The van der Waals surface area contributed by atoms with E-state index in [1.165, 1.54) is 32.1 Å². The highest BCUT2D eigenvalue weighted by Crippen LogP contribution is 2.20. The molecule has 2 rings (SSSR count). The quantitative estimate of drug-likeness (QED) is 0.695. The van der Waals surface area contributed by atoms with Crippen molar-refractivity contribution in [1.82, 2.24) is 0 Å². The molecule has 0 heterocycles. The summed E-state index contributed by atoms with van der Waals surface area (Å²) >= 11 is 0. The van der Waals surface area contributed by atoms with E-state index in [9.17, 15) is 9.59 Å². The van der Waals surface area contributed by atoms with Crippen molar-refractivity contribution in [2.75, 3.05) is 0 Å². The monoisotopic (exact) mass is 314 g/mol. The molecule has 23 heavy (non-hydrogen) atoms. The molecule has 1 aromatic carbocycles. The molecule has 2 nitrogen and oxygen atoms in total.